The van der Waals surface area contributed by atoms with Crippen molar-refractivity contribution >= 4 is 21.6 Å². The predicted octanol–water partition coefficient (Wildman–Crippen LogP) is 2.56. The smallest absolute Gasteiger partial charge is 0.251 e. The summed E-state index contributed by atoms with van der Waals surface area (Å²) in [5.41, 5.74) is 1.03. The van der Waals surface area contributed by atoms with Gasteiger partial charge in [-0.3, -0.25) is 9.10 Å². The van der Waals surface area contributed by atoms with Crippen LogP contribution in [0.3, 0.4) is 0 Å². The van der Waals surface area contributed by atoms with Gasteiger partial charge in [0, 0.05) is 11.6 Å². The van der Waals surface area contributed by atoms with Gasteiger partial charge >= 0.3 is 0 Å². The van der Waals surface area contributed by atoms with Crippen LogP contribution < -0.4 is 9.62 Å². The van der Waals surface area contributed by atoms with Gasteiger partial charge in [-0.25, -0.2) is 8.42 Å². The maximum absolute atomic E-state index is 12.1. The summed E-state index contributed by atoms with van der Waals surface area (Å²) in [5.74, 6) is -0.151. The molecule has 0 saturated heterocycles. The molecule has 1 aromatic rings. The predicted molar refractivity (Wildman–Crippen MR) is 90.7 cm³/mol. The molecule has 6 heteroatoms. The Bertz CT molecular complexity index is 609. The molecule has 1 N–H and O–H groups in total. The fourth-order valence-electron chi connectivity index (χ4n) is 2.14. The molecule has 0 bridgehead atoms. The largest absolute Gasteiger partial charge is 0.350 e. The van der Waals surface area contributed by atoms with Gasteiger partial charge in [0.15, 0.2) is 0 Å². The molecule has 1 aromatic carbocycles. The highest BCUT2D eigenvalue weighted by Gasteiger charge is 2.16. The van der Waals surface area contributed by atoms with Gasteiger partial charge in [-0.15, -0.1) is 6.58 Å². The highest BCUT2D eigenvalue weighted by molar-refractivity contribution is 7.92. The molecule has 0 aliphatic carbocycles. The number of amides is 1. The molecule has 0 unspecified atom stereocenters. The third-order valence-corrected chi connectivity index (χ3v) is 4.37. The van der Waals surface area contributed by atoms with Gasteiger partial charge < -0.3 is 5.32 Å². The van der Waals surface area contributed by atoms with Gasteiger partial charge in [-0.1, -0.05) is 19.4 Å². The van der Waals surface area contributed by atoms with Crippen LogP contribution in [0.2, 0.25) is 0 Å². The molecule has 1 rings (SSSR count). The van der Waals surface area contributed by atoms with Crippen LogP contribution in [-0.2, 0) is 10.0 Å². The third kappa shape index (κ3) is 5.18. The summed E-state index contributed by atoms with van der Waals surface area (Å²) < 4.78 is 24.8. The number of hydrogen-bond donors (Lipinski definition) is 1. The fraction of sp³-hybridized carbons (Fsp3) is 0.438. The molecule has 122 valence electrons. The zero-order valence-corrected chi connectivity index (χ0v) is 14.2. The summed E-state index contributed by atoms with van der Waals surface area (Å²) in [6.45, 7) is 7.79. The summed E-state index contributed by atoms with van der Waals surface area (Å²) in [5, 5.41) is 2.91. The van der Waals surface area contributed by atoms with Crippen molar-refractivity contribution < 1.29 is 13.2 Å². The minimum absolute atomic E-state index is 0.116. The molecule has 1 amide bonds. The van der Waals surface area contributed by atoms with Crippen LogP contribution in [0.25, 0.3) is 0 Å². The van der Waals surface area contributed by atoms with E-state index in [0.29, 0.717) is 11.3 Å². The number of nitrogens with zero attached hydrogens (tertiary/aromatic N) is 1. The first-order chi connectivity index (χ1) is 10.3. The minimum atomic E-state index is -3.38. The Kier molecular flexibility index (Phi) is 6.61. The lowest BCUT2D eigenvalue weighted by Crippen LogP contribution is -2.32. The first-order valence-corrected chi connectivity index (χ1v) is 9.14. The molecular formula is C16H24N2O3S. The standard InChI is InChI=1S/C16H24N2O3S/c1-5-7-13(3)17-16(19)14-8-10-15(11-9-14)18(12-6-2)22(4,20)21/h6,8-11,13H,2,5,7,12H2,1,3-4H3,(H,17,19)/t13-/m0/s1. The van der Waals surface area contributed by atoms with E-state index >= 15 is 0 Å². The molecule has 0 aliphatic heterocycles. The molecule has 22 heavy (non-hydrogen) atoms. The van der Waals surface area contributed by atoms with E-state index in [1.165, 1.54) is 10.4 Å². The second kappa shape index (κ2) is 7.98. The van der Waals surface area contributed by atoms with E-state index < -0.39 is 10.0 Å². The number of carbonyl (C=O) groups excluding carboxylic acids is 1. The summed E-state index contributed by atoms with van der Waals surface area (Å²) in [4.78, 5) is 12.1. The lowest BCUT2D eigenvalue weighted by Gasteiger charge is -2.21. The van der Waals surface area contributed by atoms with Gasteiger partial charge in [-0.2, -0.15) is 0 Å². The number of rotatable bonds is 8. The van der Waals surface area contributed by atoms with Gasteiger partial charge in [0.1, 0.15) is 0 Å². The van der Waals surface area contributed by atoms with Crippen molar-refractivity contribution in [2.24, 2.45) is 0 Å². The Labute approximate surface area is 133 Å². The van der Waals surface area contributed by atoms with Crippen LogP contribution in [-0.4, -0.2) is 33.2 Å². The van der Waals surface area contributed by atoms with Crippen molar-refractivity contribution in [3.8, 4) is 0 Å². The number of benzene rings is 1. The Balaban J connectivity index is 2.89. The maximum atomic E-state index is 12.1. The topological polar surface area (TPSA) is 66.5 Å². The molecule has 0 aromatic heterocycles. The third-order valence-electron chi connectivity index (χ3n) is 3.21. The first kappa shape index (κ1) is 18.2. The van der Waals surface area contributed by atoms with E-state index in [2.05, 4.69) is 18.8 Å². The summed E-state index contributed by atoms with van der Waals surface area (Å²) >= 11 is 0. The number of anilines is 1. The van der Waals surface area contributed by atoms with Gasteiger partial charge in [-0.05, 0) is 37.6 Å². The summed E-state index contributed by atoms with van der Waals surface area (Å²) in [7, 11) is -3.38. The van der Waals surface area contributed by atoms with Crippen molar-refractivity contribution in [3.05, 3.63) is 42.5 Å². The molecule has 0 heterocycles. The van der Waals surface area contributed by atoms with E-state index in [0.717, 1.165) is 19.1 Å². The second-order valence-corrected chi connectivity index (χ2v) is 7.20. The van der Waals surface area contributed by atoms with Crippen molar-refractivity contribution in [3.63, 3.8) is 0 Å². The molecule has 0 spiro atoms. The van der Waals surface area contributed by atoms with Crippen LogP contribution >= 0.6 is 0 Å². The van der Waals surface area contributed by atoms with Gasteiger partial charge in [0.05, 0.1) is 18.5 Å². The Morgan fingerprint density at radius 1 is 1.36 bits per heavy atom. The van der Waals surface area contributed by atoms with Gasteiger partial charge in [0.2, 0.25) is 10.0 Å². The van der Waals surface area contributed by atoms with E-state index in [9.17, 15) is 13.2 Å². The average molecular weight is 324 g/mol. The Hall–Kier alpha value is -1.82. The quantitative estimate of drug-likeness (QED) is 0.747. The number of hydrogen-bond acceptors (Lipinski definition) is 3. The zero-order valence-electron chi connectivity index (χ0n) is 13.4. The lowest BCUT2D eigenvalue weighted by atomic mass is 10.1. The van der Waals surface area contributed by atoms with Crippen LogP contribution in [0, 0.1) is 0 Å². The SMILES string of the molecule is C=CCN(c1ccc(C(=O)N[C@@H](C)CCC)cc1)S(C)(=O)=O. The molecular weight excluding hydrogens is 300 g/mol. The fourth-order valence-corrected chi connectivity index (χ4v) is 3.02. The number of sulfonamides is 1. The van der Waals surface area contributed by atoms with Crippen LogP contribution in [0.1, 0.15) is 37.0 Å². The molecule has 0 fully saturated rings. The highest BCUT2D eigenvalue weighted by Crippen LogP contribution is 2.18. The second-order valence-electron chi connectivity index (χ2n) is 5.29. The van der Waals surface area contributed by atoms with E-state index in [1.807, 2.05) is 6.92 Å². The summed E-state index contributed by atoms with van der Waals surface area (Å²) in [6, 6.07) is 6.63. The van der Waals surface area contributed by atoms with E-state index in [4.69, 9.17) is 0 Å². The van der Waals surface area contributed by atoms with Crippen molar-refractivity contribution in [1.82, 2.24) is 5.32 Å². The number of nitrogens with one attached hydrogen (secondary N) is 1. The molecule has 0 aliphatic rings. The average Bonchev–Trinajstić information content (AvgIpc) is 2.44. The first-order valence-electron chi connectivity index (χ1n) is 7.29. The number of carbonyl (C=O) groups is 1. The van der Waals surface area contributed by atoms with Crippen LogP contribution in [0.5, 0.6) is 0 Å². The summed E-state index contributed by atoms with van der Waals surface area (Å²) in [6.07, 6.45) is 4.59. The Morgan fingerprint density at radius 2 is 1.95 bits per heavy atom. The van der Waals surface area contributed by atoms with Crippen molar-refractivity contribution in [1.29, 1.82) is 0 Å². The normalized spacial score (nSPS) is 12.5. The molecule has 0 saturated carbocycles. The Morgan fingerprint density at radius 3 is 2.41 bits per heavy atom. The van der Waals surface area contributed by atoms with Crippen molar-refractivity contribution in [2.45, 2.75) is 32.7 Å². The molecule has 5 nitrogen and oxygen atoms in total. The highest BCUT2D eigenvalue weighted by atomic mass is 32.2. The lowest BCUT2D eigenvalue weighted by molar-refractivity contribution is 0.0938. The van der Waals surface area contributed by atoms with E-state index in [1.54, 1.807) is 24.3 Å². The molecule has 0 radical (unpaired) electrons. The van der Waals surface area contributed by atoms with Crippen molar-refractivity contribution in [2.75, 3.05) is 17.1 Å². The zero-order chi connectivity index (χ0) is 16.8. The minimum Gasteiger partial charge on any atom is -0.350 e. The monoisotopic (exact) mass is 324 g/mol. The van der Waals surface area contributed by atoms with Crippen LogP contribution in [0.15, 0.2) is 36.9 Å². The van der Waals surface area contributed by atoms with Crippen LogP contribution in [0.4, 0.5) is 5.69 Å². The van der Waals surface area contributed by atoms with E-state index in [-0.39, 0.29) is 18.5 Å². The van der Waals surface area contributed by atoms with Gasteiger partial charge in [0.25, 0.3) is 5.91 Å². The maximum Gasteiger partial charge on any atom is 0.251 e. The molecule has 1 atom stereocenters.